The molecule has 0 aliphatic carbocycles. The summed E-state index contributed by atoms with van der Waals surface area (Å²) >= 11 is 0. The maximum absolute atomic E-state index is 10.6. The van der Waals surface area contributed by atoms with Crippen LogP contribution >= 0.6 is 0 Å². The quantitative estimate of drug-likeness (QED) is 0.251. The normalized spacial score (nSPS) is 11.1. The minimum atomic E-state index is -0.387. The fourth-order valence-corrected chi connectivity index (χ4v) is 1.43. The minimum Gasteiger partial charge on any atom is -0.354 e. The number of aliphatic imine (C=N–C) groups is 1. The number of aromatic nitrogens is 1. The van der Waals surface area contributed by atoms with E-state index < -0.39 is 0 Å². The van der Waals surface area contributed by atoms with Crippen LogP contribution in [0.5, 0.6) is 0 Å². The molecule has 0 N–H and O–H groups in total. The largest absolute Gasteiger partial charge is 0.354 e. The maximum Gasteiger partial charge on any atom is 0.260 e. The van der Waals surface area contributed by atoms with E-state index in [-0.39, 0.29) is 11.5 Å². The van der Waals surface area contributed by atoms with E-state index in [9.17, 15) is 10.1 Å². The topological polar surface area (TPSA) is 71.6 Å². The van der Waals surface area contributed by atoms with Crippen LogP contribution in [0, 0.1) is 10.1 Å². The monoisotopic (exact) mass is 248 g/mol. The van der Waals surface area contributed by atoms with Crippen LogP contribution in [0.15, 0.2) is 42.2 Å². The molecule has 6 heteroatoms. The summed E-state index contributed by atoms with van der Waals surface area (Å²) < 4.78 is 0. The lowest BCUT2D eigenvalue weighted by Gasteiger charge is -2.18. The Hall–Kier alpha value is -2.24. The predicted molar refractivity (Wildman–Crippen MR) is 70.1 cm³/mol. The molecule has 0 aromatic carbocycles. The van der Waals surface area contributed by atoms with Crippen molar-refractivity contribution in [3.63, 3.8) is 0 Å². The van der Waals surface area contributed by atoms with Gasteiger partial charge in [0.2, 0.25) is 0 Å². The summed E-state index contributed by atoms with van der Waals surface area (Å²) in [6, 6.07) is 3.75. The van der Waals surface area contributed by atoms with Crippen LogP contribution in [0.1, 0.15) is 5.56 Å². The van der Waals surface area contributed by atoms with Gasteiger partial charge in [-0.15, -0.1) is 6.58 Å². The van der Waals surface area contributed by atoms with Crippen molar-refractivity contribution in [3.05, 3.63) is 52.9 Å². The van der Waals surface area contributed by atoms with Gasteiger partial charge in [-0.3, -0.25) is 20.1 Å². The van der Waals surface area contributed by atoms with E-state index in [2.05, 4.69) is 16.6 Å². The van der Waals surface area contributed by atoms with E-state index in [1.165, 1.54) is 0 Å². The second-order valence-corrected chi connectivity index (χ2v) is 3.75. The smallest absolute Gasteiger partial charge is 0.260 e. The minimum absolute atomic E-state index is 0.287. The fourth-order valence-electron chi connectivity index (χ4n) is 1.43. The third-order valence-corrected chi connectivity index (χ3v) is 2.26. The highest BCUT2D eigenvalue weighted by Crippen LogP contribution is 2.02. The van der Waals surface area contributed by atoms with Gasteiger partial charge < -0.3 is 4.90 Å². The lowest BCUT2D eigenvalue weighted by Crippen LogP contribution is -2.32. The Morgan fingerprint density at radius 1 is 1.72 bits per heavy atom. The molecule has 0 saturated carbocycles. The van der Waals surface area contributed by atoms with Gasteiger partial charge in [-0.1, -0.05) is 12.1 Å². The molecule has 0 saturated heterocycles. The van der Waals surface area contributed by atoms with Crippen LogP contribution in [0.4, 0.5) is 0 Å². The van der Waals surface area contributed by atoms with Crippen molar-refractivity contribution in [2.45, 2.75) is 6.54 Å². The first-order chi connectivity index (χ1) is 8.63. The number of nitro groups is 1. The number of hydrogen-bond donors (Lipinski definition) is 0. The molecule has 1 heterocycles. The molecular weight excluding hydrogens is 232 g/mol. The fraction of sp³-hybridized carbons (Fsp3) is 0.333. The zero-order valence-electron chi connectivity index (χ0n) is 10.3. The van der Waals surface area contributed by atoms with E-state index in [1.54, 1.807) is 30.4 Å². The molecule has 18 heavy (non-hydrogen) atoms. The summed E-state index contributed by atoms with van der Waals surface area (Å²) in [7, 11) is 1.78. The van der Waals surface area contributed by atoms with Gasteiger partial charge in [0.05, 0.1) is 6.54 Å². The molecule has 0 aliphatic rings. The number of likely N-dealkylation sites (N-methyl/N-ethyl adjacent to an activating group) is 1. The molecule has 0 bridgehead atoms. The highest BCUT2D eigenvalue weighted by molar-refractivity contribution is 5.83. The Kier molecular flexibility index (Phi) is 5.50. The summed E-state index contributed by atoms with van der Waals surface area (Å²) in [5, 5.41) is 10.6. The van der Waals surface area contributed by atoms with E-state index in [1.807, 2.05) is 12.1 Å². The molecule has 1 rings (SSSR count). The first-order valence-electron chi connectivity index (χ1n) is 5.49. The SMILES string of the molecule is C=CCN=C(C[N+](=O)[O-])N(C)Cc1cccnc1. The second-order valence-electron chi connectivity index (χ2n) is 3.75. The third kappa shape index (κ3) is 4.73. The molecule has 0 aliphatic heterocycles. The van der Waals surface area contributed by atoms with E-state index >= 15 is 0 Å². The molecule has 0 amide bonds. The van der Waals surface area contributed by atoms with Crippen molar-refractivity contribution < 1.29 is 4.92 Å². The van der Waals surface area contributed by atoms with Crippen LogP contribution in [0.2, 0.25) is 0 Å². The summed E-state index contributed by atoms with van der Waals surface area (Å²) in [6.45, 7) is 4.18. The molecule has 6 nitrogen and oxygen atoms in total. The molecule has 0 atom stereocenters. The van der Waals surface area contributed by atoms with Crippen LogP contribution in [0.25, 0.3) is 0 Å². The lowest BCUT2D eigenvalue weighted by atomic mass is 10.2. The number of hydrogen-bond acceptors (Lipinski definition) is 4. The van der Waals surface area contributed by atoms with Gasteiger partial charge in [0.15, 0.2) is 5.84 Å². The van der Waals surface area contributed by atoms with Crippen LogP contribution in [0.3, 0.4) is 0 Å². The molecule has 0 spiro atoms. The van der Waals surface area contributed by atoms with Crippen LogP contribution in [-0.4, -0.2) is 40.8 Å². The Morgan fingerprint density at radius 3 is 3.06 bits per heavy atom. The van der Waals surface area contributed by atoms with E-state index in [0.29, 0.717) is 18.9 Å². The second kappa shape index (κ2) is 7.16. The first kappa shape index (κ1) is 13.8. The Morgan fingerprint density at radius 2 is 2.50 bits per heavy atom. The lowest BCUT2D eigenvalue weighted by molar-refractivity contribution is -0.464. The van der Waals surface area contributed by atoms with Crippen LogP contribution < -0.4 is 0 Å². The zero-order valence-corrected chi connectivity index (χ0v) is 10.3. The molecule has 96 valence electrons. The molecule has 0 fully saturated rings. The van der Waals surface area contributed by atoms with Crippen molar-refractivity contribution >= 4 is 5.84 Å². The average Bonchev–Trinajstić information content (AvgIpc) is 2.35. The van der Waals surface area contributed by atoms with Gasteiger partial charge in [0, 0.05) is 30.9 Å². The zero-order chi connectivity index (χ0) is 13.4. The van der Waals surface area contributed by atoms with E-state index in [0.717, 1.165) is 5.56 Å². The highest BCUT2D eigenvalue weighted by Gasteiger charge is 2.13. The van der Waals surface area contributed by atoms with Crippen LogP contribution in [-0.2, 0) is 6.54 Å². The van der Waals surface area contributed by atoms with E-state index in [4.69, 9.17) is 0 Å². The van der Waals surface area contributed by atoms with Gasteiger partial charge in [0.25, 0.3) is 6.54 Å². The summed E-state index contributed by atoms with van der Waals surface area (Å²) in [5.74, 6) is 0.434. The molecule has 1 aromatic heterocycles. The third-order valence-electron chi connectivity index (χ3n) is 2.26. The van der Waals surface area contributed by atoms with Crippen molar-refractivity contribution in [1.82, 2.24) is 9.88 Å². The van der Waals surface area contributed by atoms with Gasteiger partial charge in [0.1, 0.15) is 0 Å². The molecule has 0 radical (unpaired) electrons. The summed E-state index contributed by atoms with van der Waals surface area (Å²) in [5.41, 5.74) is 0.981. The Balaban J connectivity index is 2.72. The predicted octanol–water partition coefficient (Wildman–Crippen LogP) is 1.37. The Labute approximate surface area is 106 Å². The van der Waals surface area contributed by atoms with Gasteiger partial charge in [-0.25, -0.2) is 0 Å². The summed E-state index contributed by atoms with van der Waals surface area (Å²) in [4.78, 5) is 20.1. The average molecular weight is 248 g/mol. The van der Waals surface area contributed by atoms with Gasteiger partial charge in [-0.05, 0) is 11.6 Å². The van der Waals surface area contributed by atoms with Crippen molar-refractivity contribution in [2.24, 2.45) is 4.99 Å². The Bertz CT molecular complexity index is 431. The van der Waals surface area contributed by atoms with Crippen molar-refractivity contribution in [2.75, 3.05) is 20.1 Å². The van der Waals surface area contributed by atoms with Gasteiger partial charge >= 0.3 is 0 Å². The number of pyridine rings is 1. The van der Waals surface area contributed by atoms with Crippen molar-refractivity contribution in [1.29, 1.82) is 0 Å². The summed E-state index contributed by atoms with van der Waals surface area (Å²) in [6.07, 6.45) is 5.03. The number of rotatable bonds is 6. The number of nitrogens with zero attached hydrogens (tertiary/aromatic N) is 4. The standard InChI is InChI=1S/C12H16N4O2/c1-3-6-14-12(10-16(17)18)15(2)9-11-5-4-7-13-8-11/h3-5,7-8H,1,6,9-10H2,2H3. The highest BCUT2D eigenvalue weighted by atomic mass is 16.6. The molecular formula is C12H16N4O2. The van der Waals surface area contributed by atoms with Crippen molar-refractivity contribution in [3.8, 4) is 0 Å². The molecule has 1 aromatic rings. The van der Waals surface area contributed by atoms with Gasteiger partial charge in [-0.2, -0.15) is 0 Å². The molecule has 0 unspecified atom stereocenters. The first-order valence-corrected chi connectivity index (χ1v) is 5.49. The maximum atomic E-state index is 10.6. The number of amidine groups is 1.